The van der Waals surface area contributed by atoms with Gasteiger partial charge in [0.15, 0.2) is 0 Å². The van der Waals surface area contributed by atoms with Crippen LogP contribution in [0.1, 0.15) is 85.5 Å². The van der Waals surface area contributed by atoms with Crippen molar-refractivity contribution in [2.45, 2.75) is 97.9 Å². The lowest BCUT2D eigenvalue weighted by molar-refractivity contribution is -0.190. The highest BCUT2D eigenvalue weighted by Crippen LogP contribution is 2.21. The number of carbonyl (C=O) groups excluding carboxylic acids is 3. The number of hydrogen-bond acceptors (Lipinski definition) is 7. The lowest BCUT2D eigenvalue weighted by Crippen LogP contribution is -2.34. The van der Waals surface area contributed by atoms with Crippen LogP contribution in [0.4, 0.5) is 0 Å². The molecule has 28 heavy (non-hydrogen) atoms. The smallest absolute Gasteiger partial charge is 0.315 e. The molecule has 0 spiro atoms. The average molecular weight is 402 g/mol. The Balaban J connectivity index is 4.60. The molecule has 0 aliphatic heterocycles. The first-order valence-electron chi connectivity index (χ1n) is 10.0. The van der Waals surface area contributed by atoms with E-state index < -0.39 is 42.2 Å². The van der Waals surface area contributed by atoms with E-state index in [1.165, 1.54) is 6.92 Å². The number of carboxylic acids is 1. The zero-order valence-electron chi connectivity index (χ0n) is 17.4. The summed E-state index contributed by atoms with van der Waals surface area (Å²) in [6.07, 6.45) is 3.20. The van der Waals surface area contributed by atoms with Gasteiger partial charge in [-0.15, -0.1) is 0 Å². The fourth-order valence-electron chi connectivity index (χ4n) is 2.63. The Labute approximate surface area is 166 Å². The van der Waals surface area contributed by atoms with E-state index in [2.05, 4.69) is 0 Å². The van der Waals surface area contributed by atoms with E-state index >= 15 is 0 Å². The first-order chi connectivity index (χ1) is 13.2. The van der Waals surface area contributed by atoms with Gasteiger partial charge in [-0.25, -0.2) is 0 Å². The number of hydrogen-bond donors (Lipinski definition) is 1. The maximum absolute atomic E-state index is 12.5. The van der Waals surface area contributed by atoms with Crippen molar-refractivity contribution >= 4 is 23.9 Å². The molecular formula is C20H34O8. The van der Waals surface area contributed by atoms with Gasteiger partial charge in [0, 0.05) is 26.2 Å². The van der Waals surface area contributed by atoms with Crippen LogP contribution in [-0.4, -0.2) is 41.4 Å². The first kappa shape index (κ1) is 25.9. The molecule has 3 unspecified atom stereocenters. The molecule has 0 aliphatic carbocycles. The molecule has 3 atom stereocenters. The Morgan fingerprint density at radius 1 is 0.786 bits per heavy atom. The van der Waals surface area contributed by atoms with E-state index in [1.807, 2.05) is 0 Å². The van der Waals surface area contributed by atoms with Gasteiger partial charge in [0.25, 0.3) is 0 Å². The fraction of sp³-hybridized carbons (Fsp3) is 0.800. The van der Waals surface area contributed by atoms with E-state index in [0.717, 1.165) is 19.3 Å². The second kappa shape index (κ2) is 14.9. The van der Waals surface area contributed by atoms with Crippen molar-refractivity contribution in [3.05, 3.63) is 0 Å². The summed E-state index contributed by atoms with van der Waals surface area (Å²) in [7, 11) is 0. The molecule has 0 radical (unpaired) electrons. The van der Waals surface area contributed by atoms with Gasteiger partial charge in [-0.1, -0.05) is 39.5 Å². The van der Waals surface area contributed by atoms with Crippen LogP contribution in [0.15, 0.2) is 0 Å². The third-order valence-corrected chi connectivity index (χ3v) is 4.25. The summed E-state index contributed by atoms with van der Waals surface area (Å²) in [5.41, 5.74) is 0. The molecule has 0 fully saturated rings. The molecular weight excluding hydrogens is 368 g/mol. The van der Waals surface area contributed by atoms with Gasteiger partial charge in [-0.05, 0) is 19.8 Å². The fourth-order valence-corrected chi connectivity index (χ4v) is 2.63. The van der Waals surface area contributed by atoms with E-state index in [-0.39, 0.29) is 19.3 Å². The Bertz CT molecular complexity index is 502. The number of rotatable bonds is 15. The topological polar surface area (TPSA) is 116 Å². The van der Waals surface area contributed by atoms with Crippen LogP contribution in [0.5, 0.6) is 0 Å². The molecule has 1 N–H and O–H groups in total. The first-order valence-corrected chi connectivity index (χ1v) is 10.0. The van der Waals surface area contributed by atoms with Crippen molar-refractivity contribution in [1.82, 2.24) is 0 Å². The summed E-state index contributed by atoms with van der Waals surface area (Å²) in [6, 6.07) is 0. The van der Waals surface area contributed by atoms with Crippen LogP contribution in [0.25, 0.3) is 0 Å². The minimum Gasteiger partial charge on any atom is -0.481 e. The molecule has 162 valence electrons. The van der Waals surface area contributed by atoms with Gasteiger partial charge < -0.3 is 19.3 Å². The Morgan fingerprint density at radius 2 is 1.32 bits per heavy atom. The normalized spacial score (nSPS) is 13.9. The summed E-state index contributed by atoms with van der Waals surface area (Å²) in [4.78, 5) is 45.9. The standard InChI is InChI=1S/C20H34O8/c1-5-18(23)26-14(3)16(12-10-8-7-9-11-13-17(21)22)20(25)28-15(4)27-19(24)6-2/h14-16H,5-13H2,1-4H3,(H,21,22). The number of unbranched alkanes of at least 4 members (excludes halogenated alkanes) is 4. The predicted molar refractivity (Wildman–Crippen MR) is 101 cm³/mol. The van der Waals surface area contributed by atoms with Crippen LogP contribution in [0, 0.1) is 5.92 Å². The van der Waals surface area contributed by atoms with E-state index in [1.54, 1.807) is 20.8 Å². The number of carbonyl (C=O) groups is 4. The van der Waals surface area contributed by atoms with Gasteiger partial charge in [0.05, 0.1) is 5.92 Å². The molecule has 8 nitrogen and oxygen atoms in total. The molecule has 0 saturated heterocycles. The molecule has 8 heteroatoms. The van der Waals surface area contributed by atoms with Crippen molar-refractivity contribution in [2.75, 3.05) is 0 Å². The van der Waals surface area contributed by atoms with Gasteiger partial charge in [0.2, 0.25) is 6.29 Å². The molecule has 0 rings (SSSR count). The number of ether oxygens (including phenoxy) is 3. The summed E-state index contributed by atoms with van der Waals surface area (Å²) in [6.45, 7) is 6.43. The Morgan fingerprint density at radius 3 is 1.89 bits per heavy atom. The van der Waals surface area contributed by atoms with Gasteiger partial charge in [-0.3, -0.25) is 19.2 Å². The average Bonchev–Trinajstić information content (AvgIpc) is 2.62. The van der Waals surface area contributed by atoms with Crippen molar-refractivity contribution in [1.29, 1.82) is 0 Å². The minimum absolute atomic E-state index is 0.160. The molecule has 0 aromatic carbocycles. The molecule has 0 aromatic rings. The third kappa shape index (κ3) is 12.3. The van der Waals surface area contributed by atoms with Crippen molar-refractivity contribution in [3.63, 3.8) is 0 Å². The van der Waals surface area contributed by atoms with E-state index in [4.69, 9.17) is 19.3 Å². The van der Waals surface area contributed by atoms with Gasteiger partial charge >= 0.3 is 23.9 Å². The quantitative estimate of drug-likeness (QED) is 0.251. The molecule has 0 amide bonds. The van der Waals surface area contributed by atoms with Crippen molar-refractivity contribution in [2.24, 2.45) is 5.92 Å². The number of esters is 3. The number of carboxylic acid groups (broad SMARTS) is 1. The maximum atomic E-state index is 12.5. The van der Waals surface area contributed by atoms with Crippen molar-refractivity contribution < 1.29 is 38.5 Å². The summed E-state index contributed by atoms with van der Waals surface area (Å²) >= 11 is 0. The van der Waals surface area contributed by atoms with Crippen LogP contribution < -0.4 is 0 Å². The second-order valence-corrected chi connectivity index (χ2v) is 6.70. The Hall–Kier alpha value is -2.12. The lowest BCUT2D eigenvalue weighted by atomic mass is 9.95. The van der Waals surface area contributed by atoms with Gasteiger partial charge in [-0.2, -0.15) is 0 Å². The van der Waals surface area contributed by atoms with Crippen LogP contribution in [0.3, 0.4) is 0 Å². The minimum atomic E-state index is -1.01. The molecule has 0 aliphatic rings. The highest BCUT2D eigenvalue weighted by Gasteiger charge is 2.30. The SMILES string of the molecule is CCC(=O)OC(C)OC(=O)C(CCCCCCCC(=O)O)C(C)OC(=O)CC. The molecule has 0 heterocycles. The largest absolute Gasteiger partial charge is 0.481 e. The zero-order chi connectivity index (χ0) is 21.5. The summed E-state index contributed by atoms with van der Waals surface area (Å²) in [5.74, 6) is -2.89. The van der Waals surface area contributed by atoms with E-state index in [9.17, 15) is 19.2 Å². The molecule has 0 aromatic heterocycles. The van der Waals surface area contributed by atoms with Gasteiger partial charge in [0.1, 0.15) is 6.10 Å². The van der Waals surface area contributed by atoms with Crippen LogP contribution in [-0.2, 0) is 33.4 Å². The lowest BCUT2D eigenvalue weighted by Gasteiger charge is -2.24. The van der Waals surface area contributed by atoms with E-state index in [0.29, 0.717) is 19.3 Å². The monoisotopic (exact) mass is 402 g/mol. The predicted octanol–water partition coefficient (Wildman–Crippen LogP) is 3.60. The second-order valence-electron chi connectivity index (χ2n) is 6.70. The van der Waals surface area contributed by atoms with Crippen LogP contribution in [0.2, 0.25) is 0 Å². The summed E-state index contributed by atoms with van der Waals surface area (Å²) in [5, 5.41) is 8.62. The Kier molecular flexibility index (Phi) is 13.8. The highest BCUT2D eigenvalue weighted by atomic mass is 16.7. The third-order valence-electron chi connectivity index (χ3n) is 4.25. The van der Waals surface area contributed by atoms with Crippen molar-refractivity contribution in [3.8, 4) is 0 Å². The molecule has 0 saturated carbocycles. The molecule has 0 bridgehead atoms. The maximum Gasteiger partial charge on any atom is 0.315 e. The highest BCUT2D eigenvalue weighted by molar-refractivity contribution is 5.75. The number of aliphatic carboxylic acids is 1. The zero-order valence-corrected chi connectivity index (χ0v) is 17.4. The summed E-state index contributed by atoms with van der Waals surface area (Å²) < 4.78 is 15.4. The van der Waals surface area contributed by atoms with Crippen LogP contribution >= 0.6 is 0 Å².